The third kappa shape index (κ3) is 4.60. The molecule has 2 aromatic rings. The van der Waals surface area contributed by atoms with E-state index in [1.54, 1.807) is 7.05 Å². The fourth-order valence-electron chi connectivity index (χ4n) is 2.24. The van der Waals surface area contributed by atoms with Crippen molar-refractivity contribution in [3.63, 3.8) is 0 Å². The first-order valence-electron chi connectivity index (χ1n) is 7.45. The van der Waals surface area contributed by atoms with Gasteiger partial charge in [0, 0.05) is 20.1 Å². The maximum Gasteiger partial charge on any atom is 0.317 e. The molecule has 0 unspecified atom stereocenters. The molecule has 0 saturated heterocycles. The summed E-state index contributed by atoms with van der Waals surface area (Å²) >= 11 is 0. The molecule has 2 aromatic carbocycles. The van der Waals surface area contributed by atoms with Gasteiger partial charge in [0.1, 0.15) is 0 Å². The molecule has 0 saturated carbocycles. The predicted molar refractivity (Wildman–Crippen MR) is 88.7 cm³/mol. The van der Waals surface area contributed by atoms with Crippen LogP contribution in [0, 0.1) is 0 Å². The van der Waals surface area contributed by atoms with Gasteiger partial charge < -0.3 is 15.3 Å². The summed E-state index contributed by atoms with van der Waals surface area (Å²) in [5.41, 5.74) is 3.56. The average Bonchev–Trinajstić information content (AvgIpc) is 2.56. The summed E-state index contributed by atoms with van der Waals surface area (Å²) < 4.78 is 0. The van der Waals surface area contributed by atoms with Gasteiger partial charge in [-0.05, 0) is 23.1 Å². The number of hydrogen-bond acceptors (Lipinski definition) is 2. The standard InChI is InChI=1S/C18H22N2O2/c1-20(12-13-21)18(22)19-11-10-15-6-5-9-17(14-15)16-7-3-2-4-8-16/h2-9,14,21H,10-13H2,1H3,(H,19,22). The highest BCUT2D eigenvalue weighted by molar-refractivity contribution is 5.73. The fourth-order valence-corrected chi connectivity index (χ4v) is 2.24. The van der Waals surface area contributed by atoms with Crippen molar-refractivity contribution >= 4 is 6.03 Å². The Morgan fingerprint density at radius 1 is 1.09 bits per heavy atom. The van der Waals surface area contributed by atoms with E-state index in [0.29, 0.717) is 13.1 Å². The third-order valence-corrected chi connectivity index (χ3v) is 3.51. The van der Waals surface area contributed by atoms with Crippen molar-refractivity contribution in [3.8, 4) is 11.1 Å². The van der Waals surface area contributed by atoms with Gasteiger partial charge in [-0.25, -0.2) is 4.79 Å². The molecule has 0 bridgehead atoms. The zero-order valence-electron chi connectivity index (χ0n) is 12.8. The summed E-state index contributed by atoms with van der Waals surface area (Å²) in [6.07, 6.45) is 0.777. The van der Waals surface area contributed by atoms with Gasteiger partial charge in [-0.2, -0.15) is 0 Å². The molecular formula is C18H22N2O2. The zero-order chi connectivity index (χ0) is 15.8. The van der Waals surface area contributed by atoms with E-state index in [1.807, 2.05) is 24.3 Å². The summed E-state index contributed by atoms with van der Waals surface area (Å²) in [4.78, 5) is 13.2. The van der Waals surface area contributed by atoms with Gasteiger partial charge in [0.2, 0.25) is 0 Å². The number of amides is 2. The van der Waals surface area contributed by atoms with Gasteiger partial charge in [0.05, 0.1) is 6.61 Å². The Labute approximate surface area is 131 Å². The third-order valence-electron chi connectivity index (χ3n) is 3.51. The molecule has 0 spiro atoms. The van der Waals surface area contributed by atoms with Crippen LogP contribution in [0.3, 0.4) is 0 Å². The molecule has 2 N–H and O–H groups in total. The minimum Gasteiger partial charge on any atom is -0.395 e. The number of rotatable bonds is 6. The average molecular weight is 298 g/mol. The highest BCUT2D eigenvalue weighted by Gasteiger charge is 2.06. The largest absolute Gasteiger partial charge is 0.395 e. The van der Waals surface area contributed by atoms with Crippen LogP contribution in [0.5, 0.6) is 0 Å². The molecule has 116 valence electrons. The molecule has 4 heteroatoms. The van der Waals surface area contributed by atoms with Gasteiger partial charge in [-0.1, -0.05) is 54.6 Å². The molecule has 0 heterocycles. The maximum absolute atomic E-state index is 11.7. The number of nitrogens with one attached hydrogen (secondary N) is 1. The highest BCUT2D eigenvalue weighted by atomic mass is 16.3. The lowest BCUT2D eigenvalue weighted by Crippen LogP contribution is -2.39. The van der Waals surface area contributed by atoms with Crippen molar-refractivity contribution in [2.75, 3.05) is 26.7 Å². The Bertz CT molecular complexity index is 599. The molecule has 0 radical (unpaired) electrons. The van der Waals surface area contributed by atoms with Crippen LogP contribution in [-0.4, -0.2) is 42.8 Å². The van der Waals surface area contributed by atoms with E-state index < -0.39 is 0 Å². The summed E-state index contributed by atoms with van der Waals surface area (Å²) in [5.74, 6) is 0. The first-order valence-corrected chi connectivity index (χ1v) is 7.45. The highest BCUT2D eigenvalue weighted by Crippen LogP contribution is 2.20. The number of hydrogen-bond donors (Lipinski definition) is 2. The SMILES string of the molecule is CN(CCO)C(=O)NCCc1cccc(-c2ccccc2)c1. The summed E-state index contributed by atoms with van der Waals surface area (Å²) in [7, 11) is 1.67. The Morgan fingerprint density at radius 3 is 2.55 bits per heavy atom. The number of aliphatic hydroxyl groups excluding tert-OH is 1. The van der Waals surface area contributed by atoms with E-state index >= 15 is 0 Å². The predicted octanol–water partition coefficient (Wildman–Crippen LogP) is 2.53. The second kappa shape index (κ2) is 8.20. The van der Waals surface area contributed by atoms with Crippen molar-refractivity contribution in [1.82, 2.24) is 10.2 Å². The van der Waals surface area contributed by atoms with E-state index in [-0.39, 0.29) is 12.6 Å². The zero-order valence-corrected chi connectivity index (χ0v) is 12.8. The molecule has 2 rings (SSSR count). The van der Waals surface area contributed by atoms with Gasteiger partial charge in [0.25, 0.3) is 0 Å². The number of nitrogens with zero attached hydrogens (tertiary/aromatic N) is 1. The van der Waals surface area contributed by atoms with E-state index in [4.69, 9.17) is 5.11 Å². The monoisotopic (exact) mass is 298 g/mol. The number of likely N-dealkylation sites (N-methyl/N-ethyl adjacent to an activating group) is 1. The molecule has 0 atom stereocenters. The molecule has 4 nitrogen and oxygen atoms in total. The van der Waals surface area contributed by atoms with E-state index in [1.165, 1.54) is 21.6 Å². The van der Waals surface area contributed by atoms with Crippen LogP contribution in [0.1, 0.15) is 5.56 Å². The number of aliphatic hydroxyl groups is 1. The number of carbonyl (C=O) groups is 1. The molecule has 0 aromatic heterocycles. The van der Waals surface area contributed by atoms with E-state index in [9.17, 15) is 4.79 Å². The first-order chi connectivity index (χ1) is 10.7. The van der Waals surface area contributed by atoms with Crippen LogP contribution in [0.4, 0.5) is 4.79 Å². The minimum atomic E-state index is -0.159. The Kier molecular flexibility index (Phi) is 5.98. The van der Waals surface area contributed by atoms with Crippen LogP contribution >= 0.6 is 0 Å². The van der Waals surface area contributed by atoms with Crippen LogP contribution in [-0.2, 0) is 6.42 Å². The first kappa shape index (κ1) is 16.0. The van der Waals surface area contributed by atoms with Crippen LogP contribution in [0.2, 0.25) is 0 Å². The lowest BCUT2D eigenvalue weighted by Gasteiger charge is -2.16. The minimum absolute atomic E-state index is 0.0248. The Balaban J connectivity index is 1.90. The Morgan fingerprint density at radius 2 is 1.82 bits per heavy atom. The van der Waals surface area contributed by atoms with E-state index in [0.717, 1.165) is 6.42 Å². The molecule has 0 aliphatic rings. The number of benzene rings is 2. The Hall–Kier alpha value is -2.33. The molecule has 0 fully saturated rings. The van der Waals surface area contributed by atoms with Crippen molar-refractivity contribution in [1.29, 1.82) is 0 Å². The van der Waals surface area contributed by atoms with Crippen LogP contribution in [0.25, 0.3) is 11.1 Å². The summed E-state index contributed by atoms with van der Waals surface area (Å²) in [5, 5.41) is 11.7. The van der Waals surface area contributed by atoms with Gasteiger partial charge in [-0.3, -0.25) is 0 Å². The number of urea groups is 1. The topological polar surface area (TPSA) is 52.6 Å². The second-order valence-electron chi connectivity index (χ2n) is 5.19. The summed E-state index contributed by atoms with van der Waals surface area (Å²) in [6.45, 7) is 0.894. The van der Waals surface area contributed by atoms with Crippen molar-refractivity contribution in [2.24, 2.45) is 0 Å². The van der Waals surface area contributed by atoms with Crippen molar-refractivity contribution in [2.45, 2.75) is 6.42 Å². The van der Waals surface area contributed by atoms with Gasteiger partial charge >= 0.3 is 6.03 Å². The second-order valence-corrected chi connectivity index (χ2v) is 5.19. The summed E-state index contributed by atoms with van der Waals surface area (Å²) in [6, 6.07) is 18.4. The normalized spacial score (nSPS) is 10.3. The van der Waals surface area contributed by atoms with Crippen LogP contribution < -0.4 is 5.32 Å². The van der Waals surface area contributed by atoms with Crippen molar-refractivity contribution in [3.05, 3.63) is 60.2 Å². The lowest BCUT2D eigenvalue weighted by atomic mass is 10.0. The molecule has 0 aliphatic carbocycles. The van der Waals surface area contributed by atoms with Crippen LogP contribution in [0.15, 0.2) is 54.6 Å². The molecule has 0 aliphatic heterocycles. The van der Waals surface area contributed by atoms with Gasteiger partial charge in [-0.15, -0.1) is 0 Å². The fraction of sp³-hybridized carbons (Fsp3) is 0.278. The quantitative estimate of drug-likeness (QED) is 0.861. The molecule has 22 heavy (non-hydrogen) atoms. The molecule has 2 amide bonds. The number of carbonyl (C=O) groups excluding carboxylic acids is 1. The lowest BCUT2D eigenvalue weighted by molar-refractivity contribution is 0.190. The van der Waals surface area contributed by atoms with Crippen molar-refractivity contribution < 1.29 is 9.90 Å². The smallest absolute Gasteiger partial charge is 0.317 e. The maximum atomic E-state index is 11.7. The molecular weight excluding hydrogens is 276 g/mol. The van der Waals surface area contributed by atoms with Gasteiger partial charge in [0.15, 0.2) is 0 Å². The van der Waals surface area contributed by atoms with E-state index in [2.05, 4.69) is 35.6 Å².